The highest BCUT2D eigenvalue weighted by Gasteiger charge is 2.24. The van der Waals surface area contributed by atoms with Crippen molar-refractivity contribution in [2.24, 2.45) is 7.05 Å². The van der Waals surface area contributed by atoms with Gasteiger partial charge in [-0.25, -0.2) is 0 Å². The van der Waals surface area contributed by atoms with Crippen LogP contribution in [0.15, 0.2) is 4.47 Å². The van der Waals surface area contributed by atoms with Gasteiger partial charge in [-0.3, -0.25) is 4.68 Å². The normalized spacial score (nSPS) is 23.3. The SMILES string of the molecule is Cc1nn(C)c(C2CCCN(C)C2)c1Br. The number of aromatic nitrogens is 2. The Morgan fingerprint density at radius 1 is 1.40 bits per heavy atom. The Morgan fingerprint density at radius 2 is 2.13 bits per heavy atom. The lowest BCUT2D eigenvalue weighted by Gasteiger charge is -2.29. The second-order valence-corrected chi connectivity index (χ2v) is 5.30. The molecule has 2 heterocycles. The van der Waals surface area contributed by atoms with E-state index in [4.69, 9.17) is 0 Å². The Hall–Kier alpha value is -0.350. The van der Waals surface area contributed by atoms with Gasteiger partial charge in [0.25, 0.3) is 0 Å². The van der Waals surface area contributed by atoms with Crippen LogP contribution in [0, 0.1) is 6.92 Å². The Kier molecular flexibility index (Phi) is 3.16. The Morgan fingerprint density at radius 3 is 2.67 bits per heavy atom. The molecule has 1 unspecified atom stereocenters. The molecule has 1 atom stereocenters. The third kappa shape index (κ3) is 2.11. The number of hydrogen-bond donors (Lipinski definition) is 0. The number of rotatable bonds is 1. The van der Waals surface area contributed by atoms with E-state index < -0.39 is 0 Å². The highest BCUT2D eigenvalue weighted by molar-refractivity contribution is 9.10. The molecule has 0 amide bonds. The molecule has 1 saturated heterocycles. The molecule has 0 N–H and O–H groups in total. The molecule has 0 aromatic carbocycles. The van der Waals surface area contributed by atoms with Crippen molar-refractivity contribution in [1.29, 1.82) is 0 Å². The first-order valence-electron chi connectivity index (χ1n) is 5.47. The minimum absolute atomic E-state index is 0.629. The van der Waals surface area contributed by atoms with Crippen LogP contribution in [0.25, 0.3) is 0 Å². The van der Waals surface area contributed by atoms with Crippen LogP contribution >= 0.6 is 15.9 Å². The number of hydrogen-bond acceptors (Lipinski definition) is 2. The molecule has 0 spiro atoms. The van der Waals surface area contributed by atoms with Crippen molar-refractivity contribution < 1.29 is 0 Å². The molecule has 1 aliphatic heterocycles. The van der Waals surface area contributed by atoms with E-state index in [-0.39, 0.29) is 0 Å². The molecular weight excluding hydrogens is 254 g/mol. The summed E-state index contributed by atoms with van der Waals surface area (Å²) >= 11 is 3.65. The predicted octanol–water partition coefficient (Wildman–Crippen LogP) is 2.30. The third-order valence-corrected chi connectivity index (χ3v) is 4.18. The lowest BCUT2D eigenvalue weighted by Crippen LogP contribution is -2.31. The average molecular weight is 272 g/mol. The monoisotopic (exact) mass is 271 g/mol. The molecule has 1 fully saturated rings. The van der Waals surface area contributed by atoms with Crippen LogP contribution < -0.4 is 0 Å². The minimum atomic E-state index is 0.629. The van der Waals surface area contributed by atoms with Gasteiger partial charge in [0.1, 0.15) is 0 Å². The summed E-state index contributed by atoms with van der Waals surface area (Å²) in [6.07, 6.45) is 2.57. The van der Waals surface area contributed by atoms with Gasteiger partial charge in [0.05, 0.1) is 15.9 Å². The Balaban J connectivity index is 2.28. The highest BCUT2D eigenvalue weighted by atomic mass is 79.9. The molecular formula is C11H18BrN3. The first-order valence-corrected chi connectivity index (χ1v) is 6.26. The number of piperidine rings is 1. The second kappa shape index (κ2) is 4.26. The van der Waals surface area contributed by atoms with Gasteiger partial charge in [-0.05, 0) is 49.3 Å². The fraction of sp³-hybridized carbons (Fsp3) is 0.727. The lowest BCUT2D eigenvalue weighted by atomic mass is 9.95. The summed E-state index contributed by atoms with van der Waals surface area (Å²) in [7, 11) is 4.24. The van der Waals surface area contributed by atoms with Crippen molar-refractivity contribution in [3.8, 4) is 0 Å². The first-order chi connectivity index (χ1) is 7.09. The Bertz CT molecular complexity index is 359. The summed E-state index contributed by atoms with van der Waals surface area (Å²) in [4.78, 5) is 2.41. The van der Waals surface area contributed by atoms with Gasteiger partial charge >= 0.3 is 0 Å². The number of halogens is 1. The van der Waals surface area contributed by atoms with E-state index in [1.807, 2.05) is 11.7 Å². The van der Waals surface area contributed by atoms with Gasteiger partial charge in [0.2, 0.25) is 0 Å². The van der Waals surface area contributed by atoms with E-state index in [2.05, 4.69) is 39.9 Å². The van der Waals surface area contributed by atoms with Crippen LogP contribution in [0.5, 0.6) is 0 Å². The Labute approximate surface area is 99.6 Å². The summed E-state index contributed by atoms with van der Waals surface area (Å²) in [6.45, 7) is 4.43. The van der Waals surface area contributed by atoms with Crippen molar-refractivity contribution in [3.63, 3.8) is 0 Å². The largest absolute Gasteiger partial charge is 0.306 e. The van der Waals surface area contributed by atoms with Crippen LogP contribution in [0.3, 0.4) is 0 Å². The van der Waals surface area contributed by atoms with Gasteiger partial charge in [0, 0.05) is 19.5 Å². The maximum absolute atomic E-state index is 4.46. The predicted molar refractivity (Wildman–Crippen MR) is 65.1 cm³/mol. The van der Waals surface area contributed by atoms with Crippen molar-refractivity contribution in [1.82, 2.24) is 14.7 Å². The maximum Gasteiger partial charge on any atom is 0.0738 e. The van der Waals surface area contributed by atoms with Gasteiger partial charge in [-0.1, -0.05) is 0 Å². The molecule has 4 heteroatoms. The summed E-state index contributed by atoms with van der Waals surface area (Å²) in [5, 5.41) is 4.46. The van der Waals surface area contributed by atoms with Crippen molar-refractivity contribution in [2.45, 2.75) is 25.7 Å². The zero-order chi connectivity index (χ0) is 11.0. The number of likely N-dealkylation sites (N-methyl/N-ethyl adjacent to an activating group) is 1. The van der Waals surface area contributed by atoms with Crippen LogP contribution in [0.2, 0.25) is 0 Å². The van der Waals surface area contributed by atoms with Gasteiger partial charge in [0.15, 0.2) is 0 Å². The smallest absolute Gasteiger partial charge is 0.0738 e. The number of likely N-dealkylation sites (tertiary alicyclic amines) is 1. The molecule has 1 aromatic rings. The maximum atomic E-state index is 4.46. The summed E-state index contributed by atoms with van der Waals surface area (Å²) in [6, 6.07) is 0. The molecule has 15 heavy (non-hydrogen) atoms. The van der Waals surface area contributed by atoms with Crippen LogP contribution in [-0.4, -0.2) is 34.8 Å². The van der Waals surface area contributed by atoms with Gasteiger partial charge in [-0.2, -0.15) is 5.10 Å². The number of aryl methyl sites for hydroxylation is 2. The zero-order valence-electron chi connectivity index (χ0n) is 9.63. The zero-order valence-corrected chi connectivity index (χ0v) is 11.2. The van der Waals surface area contributed by atoms with Crippen molar-refractivity contribution >= 4 is 15.9 Å². The van der Waals surface area contributed by atoms with E-state index in [1.165, 1.54) is 29.6 Å². The topological polar surface area (TPSA) is 21.1 Å². The fourth-order valence-corrected chi connectivity index (χ4v) is 3.14. The molecule has 2 rings (SSSR count). The van der Waals surface area contributed by atoms with E-state index in [9.17, 15) is 0 Å². The van der Waals surface area contributed by atoms with E-state index in [1.54, 1.807) is 0 Å². The van der Waals surface area contributed by atoms with Crippen molar-refractivity contribution in [3.05, 3.63) is 15.9 Å². The molecule has 84 valence electrons. The van der Waals surface area contributed by atoms with Crippen LogP contribution in [0.4, 0.5) is 0 Å². The van der Waals surface area contributed by atoms with E-state index in [0.29, 0.717) is 5.92 Å². The average Bonchev–Trinajstić information content (AvgIpc) is 2.41. The molecule has 1 aliphatic rings. The van der Waals surface area contributed by atoms with E-state index >= 15 is 0 Å². The summed E-state index contributed by atoms with van der Waals surface area (Å²) in [5.41, 5.74) is 2.46. The molecule has 1 aromatic heterocycles. The van der Waals surface area contributed by atoms with E-state index in [0.717, 1.165) is 12.2 Å². The molecule has 0 aliphatic carbocycles. The highest BCUT2D eigenvalue weighted by Crippen LogP contribution is 2.32. The van der Waals surface area contributed by atoms with Gasteiger partial charge in [-0.15, -0.1) is 0 Å². The fourth-order valence-electron chi connectivity index (χ4n) is 2.48. The molecule has 3 nitrogen and oxygen atoms in total. The van der Waals surface area contributed by atoms with Crippen LogP contribution in [-0.2, 0) is 7.05 Å². The summed E-state index contributed by atoms with van der Waals surface area (Å²) < 4.78 is 3.23. The lowest BCUT2D eigenvalue weighted by molar-refractivity contribution is 0.245. The molecule has 0 radical (unpaired) electrons. The molecule has 0 bridgehead atoms. The quantitative estimate of drug-likeness (QED) is 0.782. The van der Waals surface area contributed by atoms with Gasteiger partial charge < -0.3 is 4.90 Å². The van der Waals surface area contributed by atoms with Crippen molar-refractivity contribution in [2.75, 3.05) is 20.1 Å². The first kappa shape index (κ1) is 11.1. The number of nitrogens with zero attached hydrogens (tertiary/aromatic N) is 3. The summed E-state index contributed by atoms with van der Waals surface area (Å²) in [5.74, 6) is 0.629. The standard InChI is InChI=1S/C11H18BrN3/c1-8-10(12)11(15(3)13-8)9-5-4-6-14(2)7-9/h9H,4-7H2,1-3H3. The second-order valence-electron chi connectivity index (χ2n) is 4.51. The van der Waals surface area contributed by atoms with Crippen LogP contribution in [0.1, 0.15) is 30.1 Å². The minimum Gasteiger partial charge on any atom is -0.306 e. The third-order valence-electron chi connectivity index (χ3n) is 3.20. The molecule has 0 saturated carbocycles.